The van der Waals surface area contributed by atoms with Gasteiger partial charge in [0.25, 0.3) is 0 Å². The number of ether oxygens (including phenoxy) is 1. The lowest BCUT2D eigenvalue weighted by Crippen LogP contribution is -2.27. The molecule has 5 heteroatoms. The van der Waals surface area contributed by atoms with Gasteiger partial charge in [-0.25, -0.2) is 4.79 Å². The van der Waals surface area contributed by atoms with E-state index in [0.29, 0.717) is 26.2 Å². The number of amides is 2. The molecule has 5 nitrogen and oxygen atoms in total. The summed E-state index contributed by atoms with van der Waals surface area (Å²) in [5.74, 6) is 0. The van der Waals surface area contributed by atoms with Crippen LogP contribution in [0.25, 0.3) is 0 Å². The van der Waals surface area contributed by atoms with Crippen molar-refractivity contribution in [2.75, 3.05) is 26.2 Å². The van der Waals surface area contributed by atoms with Gasteiger partial charge in [0.2, 0.25) is 0 Å². The second-order valence-electron chi connectivity index (χ2n) is 2.48. The fourth-order valence-electron chi connectivity index (χ4n) is 1.04. The molecule has 1 rings (SSSR count). The van der Waals surface area contributed by atoms with E-state index in [1.54, 1.807) is 11.3 Å². The molecule has 1 fully saturated rings. The summed E-state index contributed by atoms with van der Waals surface area (Å²) in [6.07, 6.45) is 2.05. The van der Waals surface area contributed by atoms with Crippen molar-refractivity contribution in [2.45, 2.75) is 6.42 Å². The van der Waals surface area contributed by atoms with Gasteiger partial charge in [-0.05, 0) is 6.42 Å². The van der Waals surface area contributed by atoms with Gasteiger partial charge >= 0.3 is 12.5 Å². The van der Waals surface area contributed by atoms with Gasteiger partial charge in [-0.3, -0.25) is 4.79 Å². The van der Waals surface area contributed by atoms with Gasteiger partial charge in [0.1, 0.15) is 6.61 Å². The van der Waals surface area contributed by atoms with Gasteiger partial charge in [0.05, 0.1) is 6.54 Å². The lowest BCUT2D eigenvalue weighted by molar-refractivity contribution is 0.158. The molecule has 0 aliphatic carbocycles. The fourth-order valence-corrected chi connectivity index (χ4v) is 1.04. The second-order valence-corrected chi connectivity index (χ2v) is 2.48. The fraction of sp³-hybridized carbons (Fsp3) is 0.714. The molecule has 1 radical (unpaired) electrons. The third-order valence-corrected chi connectivity index (χ3v) is 1.65. The van der Waals surface area contributed by atoms with Crippen molar-refractivity contribution in [2.24, 2.45) is 0 Å². The zero-order valence-corrected chi connectivity index (χ0v) is 6.71. The van der Waals surface area contributed by atoms with Crippen molar-refractivity contribution < 1.29 is 14.3 Å². The Morgan fingerprint density at radius 2 is 2.50 bits per heavy atom. The van der Waals surface area contributed by atoms with Crippen LogP contribution < -0.4 is 5.32 Å². The maximum Gasteiger partial charge on any atom is 0.409 e. The van der Waals surface area contributed by atoms with Gasteiger partial charge in [-0.15, -0.1) is 0 Å². The van der Waals surface area contributed by atoms with Crippen LogP contribution >= 0.6 is 0 Å². The summed E-state index contributed by atoms with van der Waals surface area (Å²) >= 11 is 0. The first kappa shape index (κ1) is 8.83. The summed E-state index contributed by atoms with van der Waals surface area (Å²) < 4.78 is 4.71. The normalized spacial score (nSPS) is 16.0. The van der Waals surface area contributed by atoms with Crippen molar-refractivity contribution in [3.05, 3.63) is 0 Å². The lowest BCUT2D eigenvalue weighted by atomic mass is 10.4. The van der Waals surface area contributed by atoms with E-state index in [-0.39, 0.29) is 6.09 Å². The van der Waals surface area contributed by atoms with Gasteiger partial charge in [-0.1, -0.05) is 0 Å². The second kappa shape index (κ2) is 4.58. The molecule has 1 saturated heterocycles. The first-order valence-corrected chi connectivity index (χ1v) is 3.86. The third kappa shape index (κ3) is 2.41. The van der Waals surface area contributed by atoms with Crippen LogP contribution in [-0.2, 0) is 9.53 Å². The van der Waals surface area contributed by atoms with E-state index in [0.717, 1.165) is 6.42 Å². The van der Waals surface area contributed by atoms with Crippen molar-refractivity contribution in [3.63, 3.8) is 0 Å². The van der Waals surface area contributed by atoms with Crippen molar-refractivity contribution in [3.8, 4) is 0 Å². The Labute approximate surface area is 70.7 Å². The smallest absolute Gasteiger partial charge is 0.409 e. The van der Waals surface area contributed by atoms with Gasteiger partial charge in [0.15, 0.2) is 0 Å². The highest BCUT2D eigenvalue weighted by atomic mass is 16.6. The van der Waals surface area contributed by atoms with Crippen LogP contribution in [0, 0.1) is 0 Å². The molecule has 0 saturated carbocycles. The Bertz CT molecular complexity index is 172. The monoisotopic (exact) mass is 171 g/mol. The number of nitrogens with one attached hydrogen (secondary N) is 1. The van der Waals surface area contributed by atoms with Crippen LogP contribution in [0.1, 0.15) is 6.42 Å². The topological polar surface area (TPSA) is 58.6 Å². The van der Waals surface area contributed by atoms with Gasteiger partial charge < -0.3 is 15.0 Å². The zero-order chi connectivity index (χ0) is 8.81. The van der Waals surface area contributed by atoms with Crippen molar-refractivity contribution in [1.82, 2.24) is 10.2 Å². The van der Waals surface area contributed by atoms with E-state index in [1.807, 2.05) is 0 Å². The first-order chi connectivity index (χ1) is 5.84. The molecule has 0 unspecified atom stereocenters. The molecule has 67 valence electrons. The summed E-state index contributed by atoms with van der Waals surface area (Å²) in [5, 5.41) is 2.40. The summed E-state index contributed by atoms with van der Waals surface area (Å²) in [4.78, 5) is 22.2. The highest BCUT2D eigenvalue weighted by Crippen LogP contribution is 2.02. The number of cyclic esters (lactones) is 1. The van der Waals surface area contributed by atoms with Crippen molar-refractivity contribution >= 4 is 12.5 Å². The van der Waals surface area contributed by atoms with E-state index in [9.17, 15) is 9.59 Å². The SMILES string of the molecule is O=[C]NCCCN1CCOC1=O. The van der Waals surface area contributed by atoms with E-state index >= 15 is 0 Å². The van der Waals surface area contributed by atoms with Crippen LogP contribution in [-0.4, -0.2) is 43.6 Å². The average molecular weight is 171 g/mol. The van der Waals surface area contributed by atoms with Crippen LogP contribution in [0.3, 0.4) is 0 Å². The first-order valence-electron chi connectivity index (χ1n) is 3.86. The van der Waals surface area contributed by atoms with E-state index in [4.69, 9.17) is 4.74 Å². The minimum absolute atomic E-state index is 0.259. The molecule has 1 aliphatic heterocycles. The molecule has 1 N–H and O–H groups in total. The summed E-state index contributed by atoms with van der Waals surface area (Å²) in [6.45, 7) is 2.32. The largest absolute Gasteiger partial charge is 0.448 e. The summed E-state index contributed by atoms with van der Waals surface area (Å²) in [5.41, 5.74) is 0. The molecule has 0 spiro atoms. The van der Waals surface area contributed by atoms with Gasteiger partial charge in [-0.2, -0.15) is 0 Å². The number of hydrogen-bond acceptors (Lipinski definition) is 3. The highest BCUT2D eigenvalue weighted by molar-refractivity contribution is 5.69. The lowest BCUT2D eigenvalue weighted by Gasteiger charge is -2.10. The number of hydrogen-bond donors (Lipinski definition) is 1. The molecule has 1 heterocycles. The van der Waals surface area contributed by atoms with E-state index < -0.39 is 0 Å². The number of carbonyl (C=O) groups excluding carboxylic acids is 2. The Balaban J connectivity index is 2.06. The van der Waals surface area contributed by atoms with Crippen LogP contribution in [0.15, 0.2) is 0 Å². The van der Waals surface area contributed by atoms with Gasteiger partial charge in [0, 0.05) is 13.1 Å². The Morgan fingerprint density at radius 1 is 1.67 bits per heavy atom. The molecule has 0 atom stereocenters. The summed E-state index contributed by atoms with van der Waals surface area (Å²) in [7, 11) is 0. The molecule has 0 bridgehead atoms. The molecular formula is C7H11N2O3. The highest BCUT2D eigenvalue weighted by Gasteiger charge is 2.20. The molecule has 2 amide bonds. The molecule has 0 aromatic carbocycles. The summed E-state index contributed by atoms with van der Waals surface area (Å²) in [6, 6.07) is 0. The number of carbonyl (C=O) groups is 1. The molecular weight excluding hydrogens is 160 g/mol. The third-order valence-electron chi connectivity index (χ3n) is 1.65. The Morgan fingerprint density at radius 3 is 3.08 bits per heavy atom. The minimum Gasteiger partial charge on any atom is -0.448 e. The standard InChI is InChI=1S/C7H11N2O3/c10-6-8-2-1-3-9-4-5-12-7(9)11/h1-5H2,(H,8,10). The maximum absolute atomic E-state index is 10.8. The minimum atomic E-state index is -0.259. The van der Waals surface area contributed by atoms with E-state index in [1.165, 1.54) is 0 Å². The zero-order valence-electron chi connectivity index (χ0n) is 6.71. The predicted molar refractivity (Wildman–Crippen MR) is 41.2 cm³/mol. The molecule has 1 aliphatic rings. The molecule has 0 aromatic heterocycles. The molecule has 0 aromatic rings. The van der Waals surface area contributed by atoms with Crippen LogP contribution in [0.5, 0.6) is 0 Å². The predicted octanol–water partition coefficient (Wildman–Crippen LogP) is -0.515. The maximum atomic E-state index is 10.8. The Hall–Kier alpha value is -1.26. The van der Waals surface area contributed by atoms with Crippen LogP contribution in [0.2, 0.25) is 0 Å². The molecule has 12 heavy (non-hydrogen) atoms. The number of rotatable bonds is 5. The van der Waals surface area contributed by atoms with Crippen LogP contribution in [0.4, 0.5) is 4.79 Å². The quantitative estimate of drug-likeness (QED) is 0.447. The average Bonchev–Trinajstić information content (AvgIpc) is 2.46. The number of nitrogens with zero attached hydrogens (tertiary/aromatic N) is 1. The van der Waals surface area contributed by atoms with E-state index in [2.05, 4.69) is 5.32 Å². The van der Waals surface area contributed by atoms with Crippen molar-refractivity contribution in [1.29, 1.82) is 0 Å². The Kier molecular flexibility index (Phi) is 3.37.